The van der Waals surface area contributed by atoms with Gasteiger partial charge in [-0.2, -0.15) is 0 Å². The molecular formula is C23H38B. The highest BCUT2D eigenvalue weighted by molar-refractivity contribution is 5.75. The van der Waals surface area contributed by atoms with Crippen LogP contribution in [0.25, 0.3) is 0 Å². The highest BCUT2D eigenvalue weighted by Gasteiger charge is 1.92. The lowest BCUT2D eigenvalue weighted by molar-refractivity contribution is 0.613. The Morgan fingerprint density at radius 1 is 0.917 bits per heavy atom. The van der Waals surface area contributed by atoms with E-state index in [2.05, 4.69) is 64.6 Å². The monoisotopic (exact) mass is 325 g/mol. The van der Waals surface area contributed by atoms with Gasteiger partial charge in [-0.05, 0) is 56.9 Å². The van der Waals surface area contributed by atoms with Gasteiger partial charge in [0.15, 0.2) is 0 Å². The van der Waals surface area contributed by atoms with Crippen molar-refractivity contribution in [1.29, 1.82) is 0 Å². The van der Waals surface area contributed by atoms with Crippen molar-refractivity contribution in [3.63, 3.8) is 0 Å². The maximum Gasteiger partial charge on any atom is 0 e. The molecule has 1 unspecified atom stereocenters. The molecule has 0 aromatic heterocycles. The van der Waals surface area contributed by atoms with Crippen LogP contribution in [-0.2, 0) is 0 Å². The predicted molar refractivity (Wildman–Crippen MR) is 117 cm³/mol. The van der Waals surface area contributed by atoms with Crippen LogP contribution in [0.2, 0.25) is 0 Å². The molecule has 0 fully saturated rings. The Labute approximate surface area is 154 Å². The zero-order chi connectivity index (χ0) is 18.2. The normalized spacial score (nSPS) is 9.58. The van der Waals surface area contributed by atoms with Crippen molar-refractivity contribution in [2.24, 2.45) is 5.92 Å². The Morgan fingerprint density at radius 3 is 1.88 bits per heavy atom. The van der Waals surface area contributed by atoms with Crippen LogP contribution in [0.3, 0.4) is 0 Å². The summed E-state index contributed by atoms with van der Waals surface area (Å²) in [7, 11) is 0. The minimum atomic E-state index is 0. The fraction of sp³-hybridized carbons (Fsp3) is 0.435. The standard InChI is InChI=1S/2C9H16.C5H6.B/c1-4-6-7-8-9(3)5-2;1-3-5-7-9-8-6-4-2;1-3-5-4-2;/h4-5,9H,1-2,6-8H2,3H3;3,6,8H,1,4-5,7,9H2,2H3;3,5H,1-2H2;. The van der Waals surface area contributed by atoms with E-state index in [0.717, 1.165) is 19.3 Å². The molecule has 0 N–H and O–H groups in total. The van der Waals surface area contributed by atoms with Crippen molar-refractivity contribution >= 4 is 8.41 Å². The lowest BCUT2D eigenvalue weighted by atomic mass is 10.0. The van der Waals surface area contributed by atoms with Crippen LogP contribution in [0.1, 0.15) is 58.8 Å². The summed E-state index contributed by atoms with van der Waals surface area (Å²) in [6.07, 6.45) is 22.1. The van der Waals surface area contributed by atoms with Crippen LogP contribution < -0.4 is 0 Å². The van der Waals surface area contributed by atoms with Crippen LogP contribution in [0.5, 0.6) is 0 Å². The zero-order valence-corrected chi connectivity index (χ0v) is 16.2. The first kappa shape index (κ1) is 30.2. The van der Waals surface area contributed by atoms with Gasteiger partial charge in [-0.1, -0.05) is 63.5 Å². The Balaban J connectivity index is -0.000000128. The van der Waals surface area contributed by atoms with E-state index < -0.39 is 0 Å². The van der Waals surface area contributed by atoms with E-state index in [9.17, 15) is 0 Å². The SMILES string of the molecule is C=C=CC=C.C=CCCCC(C)C=C.C=CCCCC=CCC.[B]. The fourth-order valence-corrected chi connectivity index (χ4v) is 1.45. The fourth-order valence-electron chi connectivity index (χ4n) is 1.45. The van der Waals surface area contributed by atoms with Gasteiger partial charge >= 0.3 is 0 Å². The first-order valence-electron chi connectivity index (χ1n) is 8.60. The van der Waals surface area contributed by atoms with Crippen LogP contribution in [0.4, 0.5) is 0 Å². The average molecular weight is 325 g/mol. The molecule has 0 aromatic carbocycles. The lowest BCUT2D eigenvalue weighted by Crippen LogP contribution is -1.86. The van der Waals surface area contributed by atoms with Gasteiger partial charge in [-0.3, -0.25) is 0 Å². The summed E-state index contributed by atoms with van der Waals surface area (Å²) in [6, 6.07) is 0. The number of hydrogen-bond donors (Lipinski definition) is 0. The number of allylic oxidation sites excluding steroid dienone is 7. The molecule has 0 amide bonds. The van der Waals surface area contributed by atoms with Crippen molar-refractivity contribution in [2.45, 2.75) is 58.8 Å². The van der Waals surface area contributed by atoms with E-state index in [1.807, 2.05) is 18.2 Å². The topological polar surface area (TPSA) is 0 Å². The second kappa shape index (κ2) is 33.0. The van der Waals surface area contributed by atoms with Gasteiger partial charge in [0, 0.05) is 8.41 Å². The Hall–Kier alpha value is -1.72. The second-order valence-corrected chi connectivity index (χ2v) is 5.14. The van der Waals surface area contributed by atoms with Crippen molar-refractivity contribution in [3.05, 3.63) is 81.2 Å². The third-order valence-electron chi connectivity index (χ3n) is 2.89. The van der Waals surface area contributed by atoms with Crippen LogP contribution in [-0.4, -0.2) is 8.41 Å². The number of hydrogen-bond acceptors (Lipinski definition) is 0. The van der Waals surface area contributed by atoms with Crippen LogP contribution in [0.15, 0.2) is 81.2 Å². The zero-order valence-electron chi connectivity index (χ0n) is 16.2. The minimum absolute atomic E-state index is 0. The molecule has 0 saturated heterocycles. The Kier molecular flexibility index (Phi) is 41.6. The summed E-state index contributed by atoms with van der Waals surface area (Å²) in [5.74, 6) is 0.671. The van der Waals surface area contributed by atoms with Gasteiger partial charge in [0.2, 0.25) is 0 Å². The molecule has 0 heterocycles. The van der Waals surface area contributed by atoms with Gasteiger partial charge in [-0.25, -0.2) is 0 Å². The molecule has 0 aliphatic carbocycles. The second-order valence-electron chi connectivity index (χ2n) is 5.14. The van der Waals surface area contributed by atoms with Gasteiger partial charge in [-0.15, -0.1) is 25.5 Å². The summed E-state index contributed by atoms with van der Waals surface area (Å²) >= 11 is 0. The van der Waals surface area contributed by atoms with E-state index in [0.29, 0.717) is 5.92 Å². The molecule has 0 rings (SSSR count). The Morgan fingerprint density at radius 2 is 1.50 bits per heavy atom. The first-order chi connectivity index (χ1) is 11.1. The smallest absolute Gasteiger partial charge is 0 e. The summed E-state index contributed by atoms with van der Waals surface area (Å²) < 4.78 is 0. The van der Waals surface area contributed by atoms with E-state index in [-0.39, 0.29) is 8.41 Å². The molecule has 0 aromatic rings. The van der Waals surface area contributed by atoms with Gasteiger partial charge in [0.1, 0.15) is 0 Å². The average Bonchev–Trinajstić information content (AvgIpc) is 2.57. The van der Waals surface area contributed by atoms with Crippen LogP contribution in [0, 0.1) is 5.92 Å². The quantitative estimate of drug-likeness (QED) is 0.121. The third-order valence-corrected chi connectivity index (χ3v) is 2.89. The summed E-state index contributed by atoms with van der Waals surface area (Å²) in [4.78, 5) is 0. The highest BCUT2D eigenvalue weighted by atomic mass is 14.0. The Bertz CT molecular complexity index is 343. The van der Waals surface area contributed by atoms with Crippen molar-refractivity contribution in [3.8, 4) is 0 Å². The van der Waals surface area contributed by atoms with Crippen molar-refractivity contribution < 1.29 is 0 Å². The van der Waals surface area contributed by atoms with E-state index >= 15 is 0 Å². The molecule has 0 aliphatic rings. The molecule has 1 atom stereocenters. The summed E-state index contributed by atoms with van der Waals surface area (Å²) in [6.45, 7) is 22.1. The lowest BCUT2D eigenvalue weighted by Gasteiger charge is -2.01. The molecular weight excluding hydrogens is 287 g/mol. The van der Waals surface area contributed by atoms with Crippen LogP contribution >= 0.6 is 0 Å². The summed E-state index contributed by atoms with van der Waals surface area (Å²) in [5.41, 5.74) is 2.52. The molecule has 133 valence electrons. The molecule has 24 heavy (non-hydrogen) atoms. The van der Waals surface area contributed by atoms with Gasteiger partial charge in [0.05, 0.1) is 0 Å². The first-order valence-corrected chi connectivity index (χ1v) is 8.60. The van der Waals surface area contributed by atoms with Gasteiger partial charge in [0.25, 0.3) is 0 Å². The van der Waals surface area contributed by atoms with Crippen molar-refractivity contribution in [1.82, 2.24) is 0 Å². The molecule has 0 bridgehead atoms. The number of rotatable bonds is 11. The maximum atomic E-state index is 3.71. The molecule has 0 saturated carbocycles. The minimum Gasteiger partial charge on any atom is -0.129 e. The van der Waals surface area contributed by atoms with Crippen molar-refractivity contribution in [2.75, 3.05) is 0 Å². The highest BCUT2D eigenvalue weighted by Crippen LogP contribution is 2.07. The molecule has 3 radical (unpaired) electrons. The van der Waals surface area contributed by atoms with E-state index in [1.54, 1.807) is 12.2 Å². The number of unbranched alkanes of at least 4 members (excludes halogenated alkanes) is 3. The largest absolute Gasteiger partial charge is 0.129 e. The predicted octanol–water partition coefficient (Wildman–Crippen LogP) is 7.61. The van der Waals surface area contributed by atoms with E-state index in [4.69, 9.17) is 0 Å². The van der Waals surface area contributed by atoms with Gasteiger partial charge < -0.3 is 0 Å². The molecule has 0 nitrogen and oxygen atoms in total. The molecule has 0 aliphatic heterocycles. The molecule has 1 heteroatoms. The van der Waals surface area contributed by atoms with E-state index in [1.165, 1.54) is 25.7 Å². The maximum absolute atomic E-state index is 3.71. The molecule has 0 spiro atoms. The third kappa shape index (κ3) is 42.7. The summed E-state index contributed by atoms with van der Waals surface area (Å²) in [5, 5.41) is 0.